The van der Waals surface area contributed by atoms with Gasteiger partial charge in [-0.25, -0.2) is 0 Å². The van der Waals surface area contributed by atoms with Gasteiger partial charge in [-0.3, -0.25) is 4.79 Å². The van der Waals surface area contributed by atoms with Gasteiger partial charge in [-0.05, 0) is 19.8 Å². The summed E-state index contributed by atoms with van der Waals surface area (Å²) in [5.74, 6) is -0.0304. The average Bonchev–Trinajstić information content (AvgIpc) is 2.34. The lowest BCUT2D eigenvalue weighted by Gasteiger charge is -2.57. The second-order valence-corrected chi connectivity index (χ2v) is 5.83. The molecule has 0 aromatic heterocycles. The normalized spacial score (nSPS) is 30.1. The van der Waals surface area contributed by atoms with Crippen molar-refractivity contribution in [2.45, 2.75) is 71.6 Å². The summed E-state index contributed by atoms with van der Waals surface area (Å²) in [6.45, 7) is 10.8. The van der Waals surface area contributed by atoms with Crippen LogP contribution in [0.3, 0.4) is 0 Å². The number of hydrogen-bond acceptors (Lipinski definition) is 3. The summed E-state index contributed by atoms with van der Waals surface area (Å²) in [4.78, 5) is 12.3. The molecular weight excluding hydrogens is 228 g/mol. The van der Waals surface area contributed by atoms with E-state index >= 15 is 0 Å². The molecule has 0 heterocycles. The third-order valence-electron chi connectivity index (χ3n) is 4.56. The molecule has 1 saturated carbocycles. The lowest BCUT2D eigenvalue weighted by molar-refractivity contribution is -0.171. The van der Waals surface area contributed by atoms with Crippen LogP contribution in [0.25, 0.3) is 0 Å². The van der Waals surface area contributed by atoms with Crippen molar-refractivity contribution in [1.82, 2.24) is 5.32 Å². The van der Waals surface area contributed by atoms with E-state index in [4.69, 9.17) is 10.5 Å². The average molecular weight is 256 g/mol. The molecule has 4 heteroatoms. The number of nitrogens with two attached hydrogens (primary N) is 1. The molecule has 1 aliphatic rings. The summed E-state index contributed by atoms with van der Waals surface area (Å²) >= 11 is 0. The smallest absolute Gasteiger partial charge is 0.241 e. The summed E-state index contributed by atoms with van der Waals surface area (Å²) in [5.41, 5.74) is 5.21. The second-order valence-electron chi connectivity index (χ2n) is 5.83. The highest BCUT2D eigenvalue weighted by molar-refractivity contribution is 5.89. The molecule has 2 unspecified atom stereocenters. The molecule has 0 bridgehead atoms. The number of carbonyl (C=O) groups is 1. The van der Waals surface area contributed by atoms with Gasteiger partial charge in [0.1, 0.15) is 5.54 Å². The molecule has 4 nitrogen and oxygen atoms in total. The molecular formula is C14H28N2O2. The summed E-state index contributed by atoms with van der Waals surface area (Å²) in [6, 6.07) is 0.222. The highest BCUT2D eigenvalue weighted by Gasteiger charge is 2.62. The largest absolute Gasteiger partial charge is 0.378 e. The molecule has 0 spiro atoms. The summed E-state index contributed by atoms with van der Waals surface area (Å²) in [5, 5.41) is 3.06. The maximum Gasteiger partial charge on any atom is 0.241 e. The lowest BCUT2D eigenvalue weighted by Crippen LogP contribution is -2.76. The zero-order valence-electron chi connectivity index (χ0n) is 12.4. The number of carbonyl (C=O) groups excluding carboxylic acids is 1. The van der Waals surface area contributed by atoms with E-state index in [-0.39, 0.29) is 23.5 Å². The molecule has 0 aromatic carbocycles. The molecule has 2 atom stereocenters. The minimum Gasteiger partial charge on any atom is -0.378 e. The summed E-state index contributed by atoms with van der Waals surface area (Å²) in [6.07, 6.45) is 2.57. The van der Waals surface area contributed by atoms with Gasteiger partial charge in [0.25, 0.3) is 0 Å². The van der Waals surface area contributed by atoms with Crippen LogP contribution < -0.4 is 11.1 Å². The quantitative estimate of drug-likeness (QED) is 0.762. The van der Waals surface area contributed by atoms with E-state index in [0.29, 0.717) is 13.0 Å². The Balaban J connectivity index is 2.69. The fourth-order valence-electron chi connectivity index (χ4n) is 2.63. The van der Waals surface area contributed by atoms with Crippen LogP contribution in [0.15, 0.2) is 0 Å². The van der Waals surface area contributed by atoms with E-state index in [1.165, 1.54) is 0 Å². The van der Waals surface area contributed by atoms with Crippen LogP contribution in [0.2, 0.25) is 0 Å². The first kappa shape index (κ1) is 15.4. The Kier molecular flexibility index (Phi) is 4.78. The predicted molar refractivity (Wildman–Crippen MR) is 73.2 cm³/mol. The molecule has 1 aliphatic carbocycles. The van der Waals surface area contributed by atoms with Gasteiger partial charge in [-0.1, -0.05) is 27.7 Å². The topological polar surface area (TPSA) is 64.3 Å². The first-order valence-electron chi connectivity index (χ1n) is 7.04. The molecule has 3 N–H and O–H groups in total. The highest BCUT2D eigenvalue weighted by Crippen LogP contribution is 2.49. The van der Waals surface area contributed by atoms with Gasteiger partial charge >= 0.3 is 0 Å². The SMILES string of the molecule is CCOC1CC(N)(C(=O)NC(CC)CC)C1(C)C. The monoisotopic (exact) mass is 256 g/mol. The van der Waals surface area contributed by atoms with E-state index in [9.17, 15) is 4.79 Å². The Morgan fingerprint density at radius 3 is 2.33 bits per heavy atom. The van der Waals surface area contributed by atoms with Crippen LogP contribution in [-0.4, -0.2) is 30.2 Å². The van der Waals surface area contributed by atoms with Crippen LogP contribution in [0, 0.1) is 5.41 Å². The van der Waals surface area contributed by atoms with Gasteiger partial charge in [0, 0.05) is 24.5 Å². The van der Waals surface area contributed by atoms with Crippen LogP contribution in [0.5, 0.6) is 0 Å². The molecule has 1 rings (SSSR count). The van der Waals surface area contributed by atoms with Crippen molar-refractivity contribution in [3.63, 3.8) is 0 Å². The zero-order valence-corrected chi connectivity index (χ0v) is 12.4. The van der Waals surface area contributed by atoms with Gasteiger partial charge < -0.3 is 15.8 Å². The molecule has 1 fully saturated rings. The zero-order chi connectivity index (χ0) is 14.0. The van der Waals surface area contributed by atoms with Gasteiger partial charge in [-0.2, -0.15) is 0 Å². The maximum absolute atomic E-state index is 12.3. The Morgan fingerprint density at radius 1 is 1.39 bits per heavy atom. The highest BCUT2D eigenvalue weighted by atomic mass is 16.5. The van der Waals surface area contributed by atoms with E-state index in [0.717, 1.165) is 12.8 Å². The van der Waals surface area contributed by atoms with Crippen molar-refractivity contribution in [3.8, 4) is 0 Å². The van der Waals surface area contributed by atoms with Crippen LogP contribution >= 0.6 is 0 Å². The van der Waals surface area contributed by atoms with Gasteiger partial charge in [-0.15, -0.1) is 0 Å². The number of amides is 1. The lowest BCUT2D eigenvalue weighted by atomic mass is 9.54. The van der Waals surface area contributed by atoms with E-state index in [1.54, 1.807) is 0 Å². The fraction of sp³-hybridized carbons (Fsp3) is 0.929. The standard InChI is InChI=1S/C14H28N2O2/c1-6-10(7-2)16-12(17)14(15)9-11(18-8-3)13(14,4)5/h10-11H,6-9,15H2,1-5H3,(H,16,17). The molecule has 0 radical (unpaired) electrons. The summed E-state index contributed by atoms with van der Waals surface area (Å²) in [7, 11) is 0. The first-order chi connectivity index (χ1) is 8.33. The second kappa shape index (κ2) is 5.57. The molecule has 0 aliphatic heterocycles. The van der Waals surface area contributed by atoms with Crippen molar-refractivity contribution in [3.05, 3.63) is 0 Å². The Morgan fingerprint density at radius 2 is 1.94 bits per heavy atom. The van der Waals surface area contributed by atoms with Gasteiger partial charge in [0.15, 0.2) is 0 Å². The molecule has 0 aromatic rings. The Bertz CT molecular complexity index is 300. The minimum atomic E-state index is -0.796. The Hall–Kier alpha value is -0.610. The van der Waals surface area contributed by atoms with E-state index in [2.05, 4.69) is 19.2 Å². The third-order valence-corrected chi connectivity index (χ3v) is 4.56. The molecule has 1 amide bonds. The van der Waals surface area contributed by atoms with Gasteiger partial charge in [0.05, 0.1) is 6.10 Å². The number of nitrogens with one attached hydrogen (secondary N) is 1. The van der Waals surface area contributed by atoms with Crippen molar-refractivity contribution in [1.29, 1.82) is 0 Å². The predicted octanol–water partition coefficient (Wildman–Crippen LogP) is 1.82. The summed E-state index contributed by atoms with van der Waals surface area (Å²) < 4.78 is 5.64. The third kappa shape index (κ3) is 2.41. The van der Waals surface area contributed by atoms with E-state index in [1.807, 2.05) is 20.8 Å². The number of rotatable bonds is 6. The van der Waals surface area contributed by atoms with Crippen molar-refractivity contribution in [2.24, 2.45) is 11.1 Å². The first-order valence-corrected chi connectivity index (χ1v) is 7.04. The minimum absolute atomic E-state index is 0.0304. The molecule has 0 saturated heterocycles. The van der Waals surface area contributed by atoms with Crippen molar-refractivity contribution < 1.29 is 9.53 Å². The van der Waals surface area contributed by atoms with Crippen LogP contribution in [0.4, 0.5) is 0 Å². The Labute approximate surface area is 111 Å². The molecule has 106 valence electrons. The van der Waals surface area contributed by atoms with Crippen molar-refractivity contribution in [2.75, 3.05) is 6.61 Å². The number of hydrogen-bond donors (Lipinski definition) is 2. The van der Waals surface area contributed by atoms with Crippen LogP contribution in [-0.2, 0) is 9.53 Å². The van der Waals surface area contributed by atoms with Gasteiger partial charge in [0.2, 0.25) is 5.91 Å². The van der Waals surface area contributed by atoms with Crippen molar-refractivity contribution >= 4 is 5.91 Å². The molecule has 18 heavy (non-hydrogen) atoms. The van der Waals surface area contributed by atoms with E-state index < -0.39 is 5.54 Å². The maximum atomic E-state index is 12.3. The number of ether oxygens (including phenoxy) is 1. The van der Waals surface area contributed by atoms with Crippen LogP contribution in [0.1, 0.15) is 53.9 Å². The fourth-order valence-corrected chi connectivity index (χ4v) is 2.63.